The molecule has 1 N–H and O–H groups in total. The first kappa shape index (κ1) is 23.7. The summed E-state index contributed by atoms with van der Waals surface area (Å²) in [6.07, 6.45) is -3.58. The molecule has 2 aromatic carbocycles. The van der Waals surface area contributed by atoms with E-state index in [0.717, 1.165) is 24.3 Å². The smallest absolute Gasteiger partial charge is 0.416 e. The predicted molar refractivity (Wildman–Crippen MR) is 115 cm³/mol. The summed E-state index contributed by atoms with van der Waals surface area (Å²) in [6, 6.07) is 6.95. The second kappa shape index (κ2) is 8.86. The minimum absolute atomic E-state index is 0.0267. The van der Waals surface area contributed by atoms with Crippen molar-refractivity contribution in [2.45, 2.75) is 38.8 Å². The zero-order valence-corrected chi connectivity index (χ0v) is 18.3. The normalized spacial score (nSPS) is 12.7. The van der Waals surface area contributed by atoms with Crippen LogP contribution in [0.1, 0.15) is 52.9 Å². The molecular weight excluding hydrogens is 447 g/mol. The summed E-state index contributed by atoms with van der Waals surface area (Å²) < 4.78 is 45.3. The van der Waals surface area contributed by atoms with E-state index in [1.165, 1.54) is 17.7 Å². The van der Waals surface area contributed by atoms with Crippen molar-refractivity contribution in [1.82, 2.24) is 4.57 Å². The topological polar surface area (TPSA) is 68.5 Å². The van der Waals surface area contributed by atoms with Crippen molar-refractivity contribution >= 4 is 34.4 Å². The summed E-state index contributed by atoms with van der Waals surface area (Å²) in [7, 11) is 1.42. The van der Waals surface area contributed by atoms with Crippen LogP contribution in [0.5, 0.6) is 5.75 Å². The van der Waals surface area contributed by atoms with Gasteiger partial charge < -0.3 is 9.84 Å². The number of aliphatic carboxylic acids is 1. The van der Waals surface area contributed by atoms with Gasteiger partial charge >= 0.3 is 12.1 Å². The number of carboxylic acids is 1. The van der Waals surface area contributed by atoms with Gasteiger partial charge in [-0.05, 0) is 55.3 Å². The molecule has 1 aromatic heterocycles. The molecule has 170 valence electrons. The van der Waals surface area contributed by atoms with Crippen molar-refractivity contribution in [2.75, 3.05) is 7.11 Å². The molecule has 3 aromatic rings. The van der Waals surface area contributed by atoms with Gasteiger partial charge in [-0.1, -0.05) is 24.9 Å². The highest BCUT2D eigenvalue weighted by molar-refractivity contribution is 6.33. The van der Waals surface area contributed by atoms with Crippen molar-refractivity contribution in [1.29, 1.82) is 0 Å². The maximum Gasteiger partial charge on any atom is 0.416 e. The number of fused-ring (bicyclic) bond motifs is 1. The van der Waals surface area contributed by atoms with Gasteiger partial charge in [0.15, 0.2) is 0 Å². The number of aromatic nitrogens is 1. The summed E-state index contributed by atoms with van der Waals surface area (Å²) in [4.78, 5) is 25.4. The average molecular weight is 468 g/mol. The Labute approximate surface area is 187 Å². The van der Waals surface area contributed by atoms with Crippen LogP contribution in [0, 0.1) is 6.92 Å². The molecule has 0 bridgehead atoms. The number of carboxylic acid groups (broad SMARTS) is 1. The monoisotopic (exact) mass is 467 g/mol. The van der Waals surface area contributed by atoms with Crippen LogP contribution in [0.15, 0.2) is 36.4 Å². The van der Waals surface area contributed by atoms with E-state index in [-0.39, 0.29) is 10.6 Å². The first-order chi connectivity index (χ1) is 15.0. The third-order valence-electron chi connectivity index (χ3n) is 5.41. The predicted octanol–water partition coefficient (Wildman–Crippen LogP) is 6.29. The molecule has 9 heteroatoms. The van der Waals surface area contributed by atoms with Crippen molar-refractivity contribution in [2.24, 2.45) is 0 Å². The van der Waals surface area contributed by atoms with E-state index in [1.807, 2.05) is 6.92 Å². The zero-order valence-electron chi connectivity index (χ0n) is 17.6. The van der Waals surface area contributed by atoms with E-state index >= 15 is 0 Å². The van der Waals surface area contributed by atoms with Crippen LogP contribution in [-0.2, 0) is 11.0 Å². The van der Waals surface area contributed by atoms with Gasteiger partial charge in [-0.2, -0.15) is 13.2 Å². The molecule has 0 amide bonds. The number of carbonyl (C=O) groups excluding carboxylic acids is 1. The number of benzene rings is 2. The summed E-state index contributed by atoms with van der Waals surface area (Å²) >= 11 is 6.27. The molecule has 0 aliphatic heterocycles. The summed E-state index contributed by atoms with van der Waals surface area (Å²) in [5.41, 5.74) is 0.347. The summed E-state index contributed by atoms with van der Waals surface area (Å²) in [5, 5.41) is 10.5. The van der Waals surface area contributed by atoms with E-state index < -0.39 is 29.5 Å². The van der Waals surface area contributed by atoms with Gasteiger partial charge in [0.25, 0.3) is 5.91 Å². The van der Waals surface area contributed by atoms with Crippen LogP contribution in [0.4, 0.5) is 13.2 Å². The van der Waals surface area contributed by atoms with Crippen molar-refractivity contribution in [3.63, 3.8) is 0 Å². The number of ether oxygens (including phenoxy) is 1. The van der Waals surface area contributed by atoms with Gasteiger partial charge in [0.2, 0.25) is 0 Å². The van der Waals surface area contributed by atoms with Crippen LogP contribution in [0.3, 0.4) is 0 Å². The number of rotatable bonds is 6. The third kappa shape index (κ3) is 4.19. The van der Waals surface area contributed by atoms with Crippen LogP contribution < -0.4 is 4.74 Å². The largest absolute Gasteiger partial charge is 0.495 e. The lowest BCUT2D eigenvalue weighted by Gasteiger charge is -2.13. The lowest BCUT2D eigenvalue weighted by atomic mass is 9.92. The quantitative estimate of drug-likeness (QED) is 0.462. The van der Waals surface area contributed by atoms with E-state index in [9.17, 15) is 27.9 Å². The Morgan fingerprint density at radius 1 is 1.19 bits per heavy atom. The lowest BCUT2D eigenvalue weighted by molar-refractivity contribution is -0.139. The Balaban J connectivity index is 2.26. The zero-order chi connectivity index (χ0) is 23.8. The standard InChI is InChI=1S/C23H21ClF3NO4/c1-4-5-15(22(30)31)20-12(2)28(18-11-17(24)19(32-3)10-16(18)20)21(29)13-6-8-14(9-7-13)23(25,26)27/h6-11,15H,4-5H2,1-3H3,(H,30,31). The van der Waals surface area contributed by atoms with Gasteiger partial charge in [0.05, 0.1) is 29.1 Å². The second-order valence-corrected chi connectivity index (χ2v) is 7.81. The maximum absolute atomic E-state index is 13.3. The molecule has 1 unspecified atom stereocenters. The minimum Gasteiger partial charge on any atom is -0.495 e. The van der Waals surface area contributed by atoms with E-state index in [4.69, 9.17) is 16.3 Å². The third-order valence-corrected chi connectivity index (χ3v) is 5.71. The van der Waals surface area contributed by atoms with Crippen LogP contribution in [-0.4, -0.2) is 28.7 Å². The summed E-state index contributed by atoms with van der Waals surface area (Å²) in [6.45, 7) is 3.47. The molecule has 0 fully saturated rings. The van der Waals surface area contributed by atoms with Crippen LogP contribution in [0.25, 0.3) is 10.9 Å². The highest BCUT2D eigenvalue weighted by Crippen LogP contribution is 2.40. The number of methoxy groups -OCH3 is 1. The molecule has 0 aliphatic rings. The molecule has 5 nitrogen and oxygen atoms in total. The van der Waals surface area contributed by atoms with Gasteiger partial charge in [0.1, 0.15) is 5.75 Å². The number of nitrogens with zero attached hydrogens (tertiary/aromatic N) is 1. The van der Waals surface area contributed by atoms with E-state index in [2.05, 4.69) is 0 Å². The number of alkyl halides is 3. The van der Waals surface area contributed by atoms with E-state index in [1.54, 1.807) is 13.0 Å². The molecule has 0 saturated carbocycles. The van der Waals surface area contributed by atoms with Crippen molar-refractivity contribution in [3.8, 4) is 5.75 Å². The first-order valence-electron chi connectivity index (χ1n) is 9.84. The Kier molecular flexibility index (Phi) is 6.55. The van der Waals surface area contributed by atoms with Crippen molar-refractivity contribution in [3.05, 3.63) is 63.8 Å². The Morgan fingerprint density at radius 2 is 1.81 bits per heavy atom. The fourth-order valence-electron chi connectivity index (χ4n) is 3.91. The molecule has 0 aliphatic carbocycles. The molecule has 32 heavy (non-hydrogen) atoms. The lowest BCUT2D eigenvalue weighted by Crippen LogP contribution is -2.16. The molecule has 0 saturated heterocycles. The van der Waals surface area contributed by atoms with Gasteiger partial charge in [-0.3, -0.25) is 14.2 Å². The van der Waals surface area contributed by atoms with Gasteiger partial charge in [-0.25, -0.2) is 0 Å². The Hall–Kier alpha value is -3.00. The summed E-state index contributed by atoms with van der Waals surface area (Å²) in [5.74, 6) is -2.19. The Morgan fingerprint density at radius 3 is 2.31 bits per heavy atom. The first-order valence-corrected chi connectivity index (χ1v) is 10.2. The highest BCUT2D eigenvalue weighted by atomic mass is 35.5. The molecule has 0 spiro atoms. The molecule has 0 radical (unpaired) electrons. The fourth-order valence-corrected chi connectivity index (χ4v) is 4.14. The fraction of sp³-hybridized carbons (Fsp3) is 0.304. The van der Waals surface area contributed by atoms with Gasteiger partial charge in [-0.15, -0.1) is 0 Å². The minimum atomic E-state index is -4.52. The van der Waals surface area contributed by atoms with Crippen molar-refractivity contribution < 1.29 is 32.6 Å². The number of carbonyl (C=O) groups is 2. The number of halogens is 4. The van der Waals surface area contributed by atoms with Crippen LogP contribution in [0.2, 0.25) is 5.02 Å². The van der Waals surface area contributed by atoms with E-state index in [0.29, 0.717) is 40.8 Å². The highest BCUT2D eigenvalue weighted by Gasteiger charge is 2.32. The average Bonchev–Trinajstić information content (AvgIpc) is 3.00. The Bertz CT molecular complexity index is 1180. The molecule has 1 atom stereocenters. The maximum atomic E-state index is 13.3. The van der Waals surface area contributed by atoms with Crippen LogP contribution >= 0.6 is 11.6 Å². The SMILES string of the molecule is CCCC(C(=O)O)c1c(C)n(C(=O)c2ccc(C(F)(F)F)cc2)c2cc(Cl)c(OC)cc12. The van der Waals surface area contributed by atoms with Gasteiger partial charge in [0, 0.05) is 16.6 Å². The second-order valence-electron chi connectivity index (χ2n) is 7.40. The molecule has 3 rings (SSSR count). The molecular formula is C23H21ClF3NO4. The molecule has 1 heterocycles. The number of hydrogen-bond acceptors (Lipinski definition) is 3. The number of hydrogen-bond donors (Lipinski definition) is 1.